The molecule has 172 valence electrons. The van der Waals surface area contributed by atoms with Crippen molar-refractivity contribution in [3.63, 3.8) is 0 Å². The first kappa shape index (κ1) is 21.7. The molecule has 0 bridgehead atoms. The number of hydrogen-bond donors (Lipinski definition) is 0. The molecule has 3 aromatic carbocycles. The van der Waals surface area contributed by atoms with E-state index in [9.17, 15) is 14.0 Å². The van der Waals surface area contributed by atoms with Crippen LogP contribution in [0.2, 0.25) is 0 Å². The second kappa shape index (κ2) is 9.39. The fourth-order valence-electron chi connectivity index (χ4n) is 4.12. The second-order valence-electron chi connectivity index (χ2n) is 8.14. The summed E-state index contributed by atoms with van der Waals surface area (Å²) in [4.78, 5) is 29.4. The molecule has 0 spiro atoms. The van der Waals surface area contributed by atoms with E-state index in [4.69, 9.17) is 9.15 Å². The van der Waals surface area contributed by atoms with E-state index in [0.717, 1.165) is 11.3 Å². The molecule has 6 nitrogen and oxygen atoms in total. The van der Waals surface area contributed by atoms with Crippen LogP contribution in [0.1, 0.15) is 0 Å². The van der Waals surface area contributed by atoms with Crippen LogP contribution in [0.15, 0.2) is 88.3 Å². The van der Waals surface area contributed by atoms with Crippen LogP contribution in [-0.2, 0) is 4.79 Å². The number of piperazine rings is 1. The molecule has 1 amide bonds. The maximum absolute atomic E-state index is 13.1. The third-order valence-corrected chi connectivity index (χ3v) is 6.02. The number of rotatable bonds is 5. The largest absolute Gasteiger partial charge is 0.484 e. The highest BCUT2D eigenvalue weighted by molar-refractivity contribution is 5.83. The van der Waals surface area contributed by atoms with E-state index >= 15 is 0 Å². The van der Waals surface area contributed by atoms with Crippen molar-refractivity contribution < 1.29 is 18.3 Å². The Morgan fingerprint density at radius 3 is 2.41 bits per heavy atom. The van der Waals surface area contributed by atoms with Gasteiger partial charge in [-0.05, 0) is 42.0 Å². The van der Waals surface area contributed by atoms with Gasteiger partial charge in [0.05, 0.1) is 10.9 Å². The van der Waals surface area contributed by atoms with Gasteiger partial charge in [0.25, 0.3) is 5.91 Å². The number of halogens is 1. The van der Waals surface area contributed by atoms with Gasteiger partial charge in [-0.3, -0.25) is 9.59 Å². The fraction of sp³-hybridized carbons (Fsp3) is 0.185. The topological polar surface area (TPSA) is 63.0 Å². The summed E-state index contributed by atoms with van der Waals surface area (Å²) in [7, 11) is 0. The summed E-state index contributed by atoms with van der Waals surface area (Å²) in [6.45, 7) is 2.36. The molecule has 0 unspecified atom stereocenters. The van der Waals surface area contributed by atoms with Gasteiger partial charge in [0.2, 0.25) is 0 Å². The maximum atomic E-state index is 13.1. The Hall–Kier alpha value is -4.13. The molecule has 1 aliphatic rings. The van der Waals surface area contributed by atoms with E-state index in [1.165, 1.54) is 18.4 Å². The van der Waals surface area contributed by atoms with Gasteiger partial charge in [0.15, 0.2) is 12.0 Å². The van der Waals surface area contributed by atoms with Gasteiger partial charge in [-0.15, -0.1) is 0 Å². The minimum Gasteiger partial charge on any atom is -0.484 e. The molecule has 0 aliphatic carbocycles. The molecule has 1 fully saturated rings. The van der Waals surface area contributed by atoms with Crippen LogP contribution >= 0.6 is 0 Å². The Morgan fingerprint density at radius 2 is 1.68 bits per heavy atom. The molecule has 0 atom stereocenters. The van der Waals surface area contributed by atoms with E-state index in [2.05, 4.69) is 4.90 Å². The van der Waals surface area contributed by atoms with Gasteiger partial charge in [-0.2, -0.15) is 0 Å². The Kier molecular flexibility index (Phi) is 5.99. The van der Waals surface area contributed by atoms with E-state index in [-0.39, 0.29) is 23.8 Å². The number of ether oxygens (including phenoxy) is 1. The highest BCUT2D eigenvalue weighted by atomic mass is 19.1. The van der Waals surface area contributed by atoms with E-state index < -0.39 is 0 Å². The molecule has 5 rings (SSSR count). The molecule has 2 heterocycles. The lowest BCUT2D eigenvalue weighted by Gasteiger charge is -2.36. The summed E-state index contributed by atoms with van der Waals surface area (Å²) in [6, 6.07) is 20.7. The number of nitrogens with zero attached hydrogens (tertiary/aromatic N) is 2. The molecule has 7 heteroatoms. The van der Waals surface area contributed by atoms with Crippen LogP contribution in [-0.4, -0.2) is 43.6 Å². The van der Waals surface area contributed by atoms with Crippen molar-refractivity contribution in [3.05, 3.63) is 95.1 Å². The van der Waals surface area contributed by atoms with Crippen LogP contribution in [0.5, 0.6) is 5.75 Å². The molecule has 0 radical (unpaired) electrons. The highest BCUT2D eigenvalue weighted by Crippen LogP contribution is 2.23. The predicted octanol–water partition coefficient (Wildman–Crippen LogP) is 4.33. The number of fused-ring (bicyclic) bond motifs is 1. The third-order valence-electron chi connectivity index (χ3n) is 6.02. The first-order valence-electron chi connectivity index (χ1n) is 11.1. The van der Waals surface area contributed by atoms with Gasteiger partial charge in [-0.25, -0.2) is 4.39 Å². The first-order valence-corrected chi connectivity index (χ1v) is 11.1. The zero-order valence-corrected chi connectivity index (χ0v) is 18.4. The third kappa shape index (κ3) is 4.50. The number of benzene rings is 3. The SMILES string of the molecule is O=C(COc1ccc2c(=O)c(-c3ccccc3)coc2c1)N1CCN(c2ccc(F)cc2)CC1. The van der Waals surface area contributed by atoms with Gasteiger partial charge in [-0.1, -0.05) is 30.3 Å². The van der Waals surface area contributed by atoms with Crippen LogP contribution in [0, 0.1) is 5.82 Å². The van der Waals surface area contributed by atoms with Gasteiger partial charge in [0.1, 0.15) is 23.4 Å². The summed E-state index contributed by atoms with van der Waals surface area (Å²) >= 11 is 0. The molecular weight excluding hydrogens is 435 g/mol. The number of carbonyl (C=O) groups excluding carboxylic acids is 1. The molecule has 1 aromatic heterocycles. The Morgan fingerprint density at radius 1 is 0.941 bits per heavy atom. The standard InChI is InChI=1S/C27H23FN2O4/c28-20-6-8-21(9-7-20)29-12-14-30(15-13-29)26(31)18-33-22-10-11-23-25(16-22)34-17-24(27(23)32)19-4-2-1-3-5-19/h1-11,16-17H,12-15,18H2. The number of amides is 1. The number of hydrogen-bond acceptors (Lipinski definition) is 5. The normalized spacial score (nSPS) is 13.8. The monoisotopic (exact) mass is 458 g/mol. The molecule has 1 saturated heterocycles. The van der Waals surface area contributed by atoms with Crippen LogP contribution < -0.4 is 15.1 Å². The molecule has 34 heavy (non-hydrogen) atoms. The molecule has 4 aromatic rings. The average molecular weight is 458 g/mol. The predicted molar refractivity (Wildman–Crippen MR) is 129 cm³/mol. The lowest BCUT2D eigenvalue weighted by atomic mass is 10.1. The number of anilines is 1. The first-order chi connectivity index (χ1) is 16.6. The summed E-state index contributed by atoms with van der Waals surface area (Å²) in [6.07, 6.45) is 1.45. The zero-order chi connectivity index (χ0) is 23.5. The van der Waals surface area contributed by atoms with Crippen LogP contribution in [0.25, 0.3) is 22.1 Å². The van der Waals surface area contributed by atoms with Crippen molar-refractivity contribution in [3.8, 4) is 16.9 Å². The Balaban J connectivity index is 1.21. The molecule has 0 N–H and O–H groups in total. The van der Waals surface area contributed by atoms with Crippen molar-refractivity contribution in [1.82, 2.24) is 4.90 Å². The lowest BCUT2D eigenvalue weighted by Crippen LogP contribution is -2.50. The van der Waals surface area contributed by atoms with Gasteiger partial charge in [0, 0.05) is 37.9 Å². The van der Waals surface area contributed by atoms with Gasteiger partial charge >= 0.3 is 0 Å². The Bertz CT molecular complexity index is 1360. The summed E-state index contributed by atoms with van der Waals surface area (Å²) in [5.74, 6) is 0.0838. The molecular formula is C27H23FN2O4. The van der Waals surface area contributed by atoms with Crippen LogP contribution in [0.3, 0.4) is 0 Å². The highest BCUT2D eigenvalue weighted by Gasteiger charge is 2.22. The van der Waals surface area contributed by atoms with Crippen molar-refractivity contribution in [2.75, 3.05) is 37.7 Å². The van der Waals surface area contributed by atoms with E-state index in [0.29, 0.717) is 48.5 Å². The minimum atomic E-state index is -0.265. The zero-order valence-electron chi connectivity index (χ0n) is 18.4. The van der Waals surface area contributed by atoms with Crippen molar-refractivity contribution in [2.24, 2.45) is 0 Å². The van der Waals surface area contributed by atoms with Gasteiger partial charge < -0.3 is 19.0 Å². The second-order valence-corrected chi connectivity index (χ2v) is 8.14. The summed E-state index contributed by atoms with van der Waals surface area (Å²) in [5, 5.41) is 0.456. The summed E-state index contributed by atoms with van der Waals surface area (Å²) < 4.78 is 24.5. The van der Waals surface area contributed by atoms with E-state index in [1.54, 1.807) is 35.2 Å². The van der Waals surface area contributed by atoms with Crippen molar-refractivity contribution in [2.45, 2.75) is 0 Å². The van der Waals surface area contributed by atoms with Crippen molar-refractivity contribution >= 4 is 22.6 Å². The smallest absolute Gasteiger partial charge is 0.260 e. The minimum absolute atomic E-state index is 0.103. The van der Waals surface area contributed by atoms with E-state index in [1.807, 2.05) is 30.3 Å². The molecule has 0 saturated carbocycles. The van der Waals surface area contributed by atoms with Crippen LogP contribution in [0.4, 0.5) is 10.1 Å². The van der Waals surface area contributed by atoms with Crippen molar-refractivity contribution in [1.29, 1.82) is 0 Å². The average Bonchev–Trinajstić information content (AvgIpc) is 2.88. The molecule has 1 aliphatic heterocycles. The Labute approximate surface area is 195 Å². The quantitative estimate of drug-likeness (QED) is 0.446. The summed E-state index contributed by atoms with van der Waals surface area (Å²) in [5.41, 5.74) is 2.52. The maximum Gasteiger partial charge on any atom is 0.260 e. The fourth-order valence-corrected chi connectivity index (χ4v) is 4.12. The number of carbonyl (C=O) groups is 1. The lowest BCUT2D eigenvalue weighted by molar-refractivity contribution is -0.133.